The molecule has 0 saturated heterocycles. The van der Waals surface area contributed by atoms with Gasteiger partial charge in [0.15, 0.2) is 0 Å². The van der Waals surface area contributed by atoms with Crippen molar-refractivity contribution >= 4 is 5.91 Å². The second kappa shape index (κ2) is 7.09. The third-order valence-corrected chi connectivity index (χ3v) is 3.03. The van der Waals surface area contributed by atoms with Crippen molar-refractivity contribution in [2.24, 2.45) is 11.8 Å². The summed E-state index contributed by atoms with van der Waals surface area (Å²) in [5.41, 5.74) is 0.566. The van der Waals surface area contributed by atoms with Crippen molar-refractivity contribution in [3.63, 3.8) is 0 Å². The topological polar surface area (TPSA) is 58.6 Å². The summed E-state index contributed by atoms with van der Waals surface area (Å²) < 4.78 is 18.3. The monoisotopic (exact) mass is 269 g/mol. The minimum absolute atomic E-state index is 0.0411. The molecule has 5 heteroatoms. The maximum Gasteiger partial charge on any atom is 0.225 e. The molecule has 0 fully saturated rings. The Morgan fingerprint density at radius 3 is 2.68 bits per heavy atom. The van der Waals surface area contributed by atoms with Gasteiger partial charge in [0.05, 0.1) is 19.6 Å². The van der Waals surface area contributed by atoms with Gasteiger partial charge in [-0.25, -0.2) is 4.39 Å². The van der Waals surface area contributed by atoms with Crippen molar-refractivity contribution < 1.29 is 19.0 Å². The van der Waals surface area contributed by atoms with Crippen LogP contribution in [-0.2, 0) is 11.3 Å². The summed E-state index contributed by atoms with van der Waals surface area (Å²) in [4.78, 5) is 11.9. The lowest BCUT2D eigenvalue weighted by Crippen LogP contribution is -2.35. The quantitative estimate of drug-likeness (QED) is 0.826. The summed E-state index contributed by atoms with van der Waals surface area (Å²) in [7, 11) is 1.49. The van der Waals surface area contributed by atoms with Crippen molar-refractivity contribution in [3.05, 3.63) is 29.6 Å². The smallest absolute Gasteiger partial charge is 0.225 e. The van der Waals surface area contributed by atoms with E-state index in [1.807, 2.05) is 13.8 Å². The van der Waals surface area contributed by atoms with E-state index >= 15 is 0 Å². The maximum absolute atomic E-state index is 13.2. The second-order valence-electron chi connectivity index (χ2n) is 4.71. The Hall–Kier alpha value is -1.62. The van der Waals surface area contributed by atoms with E-state index in [9.17, 15) is 9.18 Å². The van der Waals surface area contributed by atoms with Gasteiger partial charge in [0.1, 0.15) is 11.6 Å². The maximum atomic E-state index is 13.2. The molecule has 0 heterocycles. The molecule has 0 radical (unpaired) electrons. The number of benzene rings is 1. The number of carbonyl (C=O) groups is 1. The highest BCUT2D eigenvalue weighted by molar-refractivity contribution is 5.79. The van der Waals surface area contributed by atoms with Gasteiger partial charge in [0.25, 0.3) is 0 Å². The number of hydrogen-bond donors (Lipinski definition) is 2. The zero-order chi connectivity index (χ0) is 14.4. The number of aliphatic hydroxyl groups is 1. The standard InChI is InChI=1S/C14H20FNO3/c1-9(2)12(8-17)14(18)16-7-10-6-11(15)4-5-13(10)19-3/h4-6,9,12,17H,7-8H2,1-3H3,(H,16,18). The molecule has 1 aromatic carbocycles. The van der Waals surface area contributed by atoms with E-state index in [1.54, 1.807) is 0 Å². The summed E-state index contributed by atoms with van der Waals surface area (Å²) in [6.07, 6.45) is 0. The van der Waals surface area contributed by atoms with Crippen LogP contribution in [0, 0.1) is 17.7 Å². The first-order chi connectivity index (χ1) is 8.99. The van der Waals surface area contributed by atoms with E-state index < -0.39 is 5.92 Å². The first kappa shape index (κ1) is 15.4. The fourth-order valence-corrected chi connectivity index (χ4v) is 1.80. The van der Waals surface area contributed by atoms with Crippen molar-refractivity contribution in [3.8, 4) is 5.75 Å². The molecule has 106 valence electrons. The molecule has 1 atom stereocenters. The van der Waals surface area contributed by atoms with Crippen LogP contribution in [0.1, 0.15) is 19.4 Å². The van der Waals surface area contributed by atoms with Crippen LogP contribution in [0.4, 0.5) is 4.39 Å². The van der Waals surface area contributed by atoms with Crippen LogP contribution in [0.2, 0.25) is 0 Å². The molecule has 1 unspecified atom stereocenters. The number of ether oxygens (including phenoxy) is 1. The molecule has 0 aliphatic carbocycles. The van der Waals surface area contributed by atoms with E-state index in [4.69, 9.17) is 9.84 Å². The molecular formula is C14H20FNO3. The van der Waals surface area contributed by atoms with Crippen LogP contribution in [-0.4, -0.2) is 24.7 Å². The predicted molar refractivity (Wildman–Crippen MR) is 70.2 cm³/mol. The van der Waals surface area contributed by atoms with Gasteiger partial charge in [-0.1, -0.05) is 13.8 Å². The number of halogens is 1. The number of nitrogens with one attached hydrogen (secondary N) is 1. The second-order valence-corrected chi connectivity index (χ2v) is 4.71. The van der Waals surface area contributed by atoms with Gasteiger partial charge in [-0.3, -0.25) is 4.79 Å². The van der Waals surface area contributed by atoms with Gasteiger partial charge in [0.2, 0.25) is 5.91 Å². The number of amides is 1. The minimum Gasteiger partial charge on any atom is -0.496 e. The molecule has 1 amide bonds. The molecule has 0 aliphatic heterocycles. The van der Waals surface area contributed by atoms with Crippen LogP contribution >= 0.6 is 0 Å². The Morgan fingerprint density at radius 2 is 2.16 bits per heavy atom. The molecular weight excluding hydrogens is 249 g/mol. The minimum atomic E-state index is -0.459. The first-order valence-electron chi connectivity index (χ1n) is 6.20. The van der Waals surface area contributed by atoms with E-state index in [0.717, 1.165) is 0 Å². The Morgan fingerprint density at radius 1 is 1.47 bits per heavy atom. The number of rotatable bonds is 6. The zero-order valence-electron chi connectivity index (χ0n) is 11.4. The number of methoxy groups -OCH3 is 1. The SMILES string of the molecule is COc1ccc(F)cc1CNC(=O)C(CO)C(C)C. The van der Waals surface area contributed by atoms with Crippen molar-refractivity contribution in [2.75, 3.05) is 13.7 Å². The molecule has 4 nitrogen and oxygen atoms in total. The highest BCUT2D eigenvalue weighted by atomic mass is 19.1. The van der Waals surface area contributed by atoms with Crippen molar-refractivity contribution in [1.29, 1.82) is 0 Å². The van der Waals surface area contributed by atoms with Gasteiger partial charge < -0.3 is 15.2 Å². The Bertz CT molecular complexity index is 435. The average molecular weight is 269 g/mol. The molecule has 0 aromatic heterocycles. The number of aliphatic hydroxyl groups excluding tert-OH is 1. The van der Waals surface area contributed by atoms with Crippen molar-refractivity contribution in [2.45, 2.75) is 20.4 Å². The summed E-state index contributed by atoms with van der Waals surface area (Å²) >= 11 is 0. The lowest BCUT2D eigenvalue weighted by Gasteiger charge is -2.18. The van der Waals surface area contributed by atoms with Gasteiger partial charge in [-0.05, 0) is 24.1 Å². The van der Waals surface area contributed by atoms with Crippen LogP contribution in [0.3, 0.4) is 0 Å². The van der Waals surface area contributed by atoms with Crippen LogP contribution < -0.4 is 10.1 Å². The molecule has 0 bridgehead atoms. The Balaban J connectivity index is 2.71. The predicted octanol–water partition coefficient (Wildman–Crippen LogP) is 1.72. The lowest BCUT2D eigenvalue weighted by molar-refractivity contribution is -0.127. The third kappa shape index (κ3) is 4.21. The summed E-state index contributed by atoms with van der Waals surface area (Å²) in [6, 6.07) is 4.14. The molecule has 19 heavy (non-hydrogen) atoms. The lowest BCUT2D eigenvalue weighted by atomic mass is 9.96. The third-order valence-electron chi connectivity index (χ3n) is 3.03. The normalized spacial score (nSPS) is 12.3. The van der Waals surface area contributed by atoms with Gasteiger partial charge in [0, 0.05) is 12.1 Å². The van der Waals surface area contributed by atoms with Crippen LogP contribution in [0.5, 0.6) is 5.75 Å². The Labute approximate surface area is 112 Å². The first-order valence-corrected chi connectivity index (χ1v) is 6.20. The van der Waals surface area contributed by atoms with Gasteiger partial charge in [-0.15, -0.1) is 0 Å². The highest BCUT2D eigenvalue weighted by Gasteiger charge is 2.21. The van der Waals surface area contributed by atoms with Gasteiger partial charge in [-0.2, -0.15) is 0 Å². The number of hydrogen-bond acceptors (Lipinski definition) is 3. The fourth-order valence-electron chi connectivity index (χ4n) is 1.80. The average Bonchev–Trinajstić information content (AvgIpc) is 2.37. The molecule has 1 rings (SSSR count). The van der Waals surface area contributed by atoms with E-state index in [-0.39, 0.29) is 30.8 Å². The molecule has 1 aromatic rings. The zero-order valence-corrected chi connectivity index (χ0v) is 11.4. The molecule has 0 saturated carbocycles. The van der Waals surface area contributed by atoms with E-state index in [0.29, 0.717) is 11.3 Å². The summed E-state index contributed by atoms with van der Waals surface area (Å²) in [6.45, 7) is 3.69. The highest BCUT2D eigenvalue weighted by Crippen LogP contribution is 2.19. The fraction of sp³-hybridized carbons (Fsp3) is 0.500. The molecule has 0 spiro atoms. The summed E-state index contributed by atoms with van der Waals surface area (Å²) in [5.74, 6) is -0.526. The Kier molecular flexibility index (Phi) is 5.76. The van der Waals surface area contributed by atoms with Crippen molar-refractivity contribution in [1.82, 2.24) is 5.32 Å². The van der Waals surface area contributed by atoms with E-state index in [2.05, 4.69) is 5.32 Å². The van der Waals surface area contributed by atoms with E-state index in [1.165, 1.54) is 25.3 Å². The largest absolute Gasteiger partial charge is 0.496 e. The van der Waals surface area contributed by atoms with Gasteiger partial charge >= 0.3 is 0 Å². The number of carbonyl (C=O) groups excluding carboxylic acids is 1. The summed E-state index contributed by atoms with van der Waals surface area (Å²) in [5, 5.41) is 11.9. The molecule has 0 aliphatic rings. The molecule has 2 N–H and O–H groups in total. The van der Waals surface area contributed by atoms with Crippen LogP contribution in [0.25, 0.3) is 0 Å². The van der Waals surface area contributed by atoms with Crippen LogP contribution in [0.15, 0.2) is 18.2 Å².